The largest absolute Gasteiger partial charge is 0.206 e. The second-order valence-corrected chi connectivity index (χ2v) is 20.4. The average Bonchev–Trinajstić information content (AvgIpc) is 2.71. The summed E-state index contributed by atoms with van der Waals surface area (Å²) >= 11 is 1.82. The maximum atomic E-state index is 15.2. The van der Waals surface area contributed by atoms with Crippen molar-refractivity contribution >= 4 is 36.5 Å². The van der Waals surface area contributed by atoms with Gasteiger partial charge in [-0.25, -0.2) is 4.39 Å². The van der Waals surface area contributed by atoms with Crippen LogP contribution in [0, 0.1) is 11.7 Å². The third-order valence-electron chi connectivity index (χ3n) is 4.34. The third-order valence-corrected chi connectivity index (χ3v) is 12.7. The SMILES string of the molecule is CCCCC(CC)Cc1c([Si](C)(C)C)sc([Si](C)(C)C)c1F. The van der Waals surface area contributed by atoms with E-state index in [4.69, 9.17) is 0 Å². The van der Waals surface area contributed by atoms with Gasteiger partial charge >= 0.3 is 0 Å². The van der Waals surface area contributed by atoms with E-state index in [-0.39, 0.29) is 5.82 Å². The molecule has 128 valence electrons. The zero-order valence-electron chi connectivity index (χ0n) is 15.9. The van der Waals surface area contributed by atoms with Crippen molar-refractivity contribution in [2.24, 2.45) is 5.92 Å². The first-order valence-electron chi connectivity index (χ1n) is 8.84. The van der Waals surface area contributed by atoms with Crippen molar-refractivity contribution in [1.29, 1.82) is 0 Å². The Labute approximate surface area is 143 Å². The molecule has 0 spiro atoms. The lowest BCUT2D eigenvalue weighted by molar-refractivity contribution is 0.442. The summed E-state index contributed by atoms with van der Waals surface area (Å²) in [5.41, 5.74) is 1.10. The minimum Gasteiger partial charge on any atom is -0.206 e. The topological polar surface area (TPSA) is 0 Å². The molecule has 4 heteroatoms. The van der Waals surface area contributed by atoms with Crippen LogP contribution in [0.5, 0.6) is 0 Å². The van der Waals surface area contributed by atoms with E-state index >= 15 is 4.39 Å². The average molecular weight is 359 g/mol. The van der Waals surface area contributed by atoms with Crippen LogP contribution in [-0.2, 0) is 6.42 Å². The summed E-state index contributed by atoms with van der Waals surface area (Å²) in [5.74, 6) is 0.824. The summed E-state index contributed by atoms with van der Waals surface area (Å²) in [6.07, 6.45) is 5.89. The Morgan fingerprint density at radius 1 is 0.955 bits per heavy atom. The highest BCUT2D eigenvalue weighted by Gasteiger charge is 2.33. The van der Waals surface area contributed by atoms with Crippen LogP contribution in [0.2, 0.25) is 39.3 Å². The molecule has 0 aliphatic rings. The summed E-state index contributed by atoms with van der Waals surface area (Å²) in [4.78, 5) is 0. The molecule has 0 fully saturated rings. The van der Waals surface area contributed by atoms with Gasteiger partial charge in [0, 0.05) is 4.50 Å². The van der Waals surface area contributed by atoms with Crippen molar-refractivity contribution in [3.05, 3.63) is 11.4 Å². The molecule has 1 aromatic heterocycles. The van der Waals surface area contributed by atoms with Crippen molar-refractivity contribution in [1.82, 2.24) is 0 Å². The molecule has 0 N–H and O–H groups in total. The zero-order valence-corrected chi connectivity index (χ0v) is 18.7. The number of thiophene rings is 1. The van der Waals surface area contributed by atoms with Crippen LogP contribution in [0.15, 0.2) is 0 Å². The van der Waals surface area contributed by atoms with E-state index in [0.717, 1.165) is 16.5 Å². The van der Waals surface area contributed by atoms with Crippen molar-refractivity contribution in [3.8, 4) is 0 Å². The smallest absolute Gasteiger partial charge is 0.135 e. The summed E-state index contributed by atoms with van der Waals surface area (Å²) < 4.78 is 17.7. The first kappa shape index (κ1) is 20.1. The molecule has 0 nitrogen and oxygen atoms in total. The highest BCUT2D eigenvalue weighted by molar-refractivity contribution is 7.35. The van der Waals surface area contributed by atoms with Gasteiger partial charge < -0.3 is 0 Å². The molecule has 0 saturated heterocycles. The molecule has 1 heterocycles. The highest BCUT2D eigenvalue weighted by Crippen LogP contribution is 2.25. The molecule has 0 aromatic carbocycles. The Bertz CT molecular complexity index is 481. The molecule has 0 saturated carbocycles. The zero-order chi connectivity index (χ0) is 17.1. The molecule has 1 rings (SSSR count). The first-order valence-corrected chi connectivity index (χ1v) is 16.7. The molecule has 1 atom stereocenters. The molecular formula is C18H35FSSi2. The minimum absolute atomic E-state index is 0.177. The second kappa shape index (κ2) is 7.76. The summed E-state index contributed by atoms with van der Waals surface area (Å²) in [6.45, 7) is 18.4. The third kappa shape index (κ3) is 5.03. The van der Waals surface area contributed by atoms with Crippen LogP contribution in [0.3, 0.4) is 0 Å². The number of hydrogen-bond acceptors (Lipinski definition) is 1. The Morgan fingerprint density at radius 3 is 1.91 bits per heavy atom. The van der Waals surface area contributed by atoms with E-state index in [1.165, 1.54) is 30.2 Å². The van der Waals surface area contributed by atoms with Crippen LogP contribution >= 0.6 is 11.3 Å². The van der Waals surface area contributed by atoms with Gasteiger partial charge in [-0.1, -0.05) is 78.8 Å². The molecule has 22 heavy (non-hydrogen) atoms. The molecule has 0 radical (unpaired) electrons. The van der Waals surface area contributed by atoms with Gasteiger partial charge in [0.1, 0.15) is 5.82 Å². The normalized spacial score (nSPS) is 14.4. The lowest BCUT2D eigenvalue weighted by Gasteiger charge is -2.20. The van der Waals surface area contributed by atoms with Crippen molar-refractivity contribution in [3.63, 3.8) is 0 Å². The van der Waals surface area contributed by atoms with Crippen LogP contribution < -0.4 is 9.00 Å². The van der Waals surface area contributed by atoms with E-state index < -0.39 is 16.1 Å². The fourth-order valence-electron chi connectivity index (χ4n) is 2.95. The molecular weight excluding hydrogens is 323 g/mol. The van der Waals surface area contributed by atoms with Crippen LogP contribution in [0.4, 0.5) is 4.39 Å². The summed E-state index contributed by atoms with van der Waals surface area (Å²) in [5, 5.41) is 0. The molecule has 1 aromatic rings. The van der Waals surface area contributed by atoms with E-state index in [1.54, 1.807) is 0 Å². The highest BCUT2D eigenvalue weighted by atomic mass is 32.1. The van der Waals surface area contributed by atoms with Crippen LogP contribution in [0.25, 0.3) is 0 Å². The number of unbranched alkanes of at least 4 members (excludes halogenated alkanes) is 1. The predicted octanol–water partition coefficient (Wildman–Crippen LogP) is 5.74. The quantitative estimate of drug-likeness (QED) is 0.520. The predicted molar refractivity (Wildman–Crippen MR) is 107 cm³/mol. The first-order chi connectivity index (χ1) is 10.0. The van der Waals surface area contributed by atoms with E-state index in [9.17, 15) is 0 Å². The number of rotatable bonds is 8. The maximum absolute atomic E-state index is 15.2. The lowest BCUT2D eigenvalue weighted by atomic mass is 9.93. The van der Waals surface area contributed by atoms with Gasteiger partial charge in [0.15, 0.2) is 0 Å². The fraction of sp³-hybridized carbons (Fsp3) is 0.778. The van der Waals surface area contributed by atoms with Crippen LogP contribution in [-0.4, -0.2) is 16.1 Å². The number of hydrogen-bond donors (Lipinski definition) is 0. The molecule has 0 bridgehead atoms. The van der Waals surface area contributed by atoms with Gasteiger partial charge in [0.05, 0.1) is 16.1 Å². The minimum atomic E-state index is -1.59. The van der Waals surface area contributed by atoms with E-state index in [2.05, 4.69) is 53.1 Å². The van der Waals surface area contributed by atoms with E-state index in [1.807, 2.05) is 11.3 Å². The van der Waals surface area contributed by atoms with Gasteiger partial charge in [-0.15, -0.1) is 0 Å². The summed E-state index contributed by atoms with van der Waals surface area (Å²) in [7, 11) is -3.07. The van der Waals surface area contributed by atoms with Gasteiger partial charge in [-0.2, -0.15) is 11.3 Å². The Morgan fingerprint density at radius 2 is 1.50 bits per heavy atom. The van der Waals surface area contributed by atoms with Crippen molar-refractivity contribution in [2.75, 3.05) is 0 Å². The molecule has 0 aliphatic carbocycles. The van der Waals surface area contributed by atoms with E-state index in [0.29, 0.717) is 5.92 Å². The Balaban J connectivity index is 3.23. The Kier molecular flexibility index (Phi) is 7.09. The monoisotopic (exact) mass is 358 g/mol. The van der Waals surface area contributed by atoms with Gasteiger partial charge in [-0.3, -0.25) is 0 Å². The molecule has 1 unspecified atom stereocenters. The molecule has 0 amide bonds. The Hall–Kier alpha value is 0.0638. The fourth-order valence-corrected chi connectivity index (χ4v) is 8.96. The van der Waals surface area contributed by atoms with Crippen molar-refractivity contribution in [2.45, 2.75) is 85.2 Å². The molecule has 0 aliphatic heterocycles. The maximum Gasteiger partial charge on any atom is 0.135 e. The number of halogens is 1. The lowest BCUT2D eigenvalue weighted by Crippen LogP contribution is -2.39. The van der Waals surface area contributed by atoms with Crippen LogP contribution in [0.1, 0.15) is 45.1 Å². The van der Waals surface area contributed by atoms with Crippen molar-refractivity contribution < 1.29 is 4.39 Å². The second-order valence-electron chi connectivity index (χ2n) is 8.67. The standard InChI is InChI=1S/C18H35FSSi2/c1-9-11-12-14(10-2)13-15-16(19)18(22(6,7)8)20-17(15)21(3,4)5/h14H,9-13H2,1-8H3. The van der Waals surface area contributed by atoms with Gasteiger partial charge in [0.2, 0.25) is 0 Å². The van der Waals surface area contributed by atoms with Gasteiger partial charge in [0.25, 0.3) is 0 Å². The summed E-state index contributed by atoms with van der Waals surface area (Å²) in [6, 6.07) is 0. The van der Waals surface area contributed by atoms with Gasteiger partial charge in [-0.05, 0) is 22.4 Å².